The third-order valence-corrected chi connectivity index (χ3v) is 1.28. The Balaban J connectivity index is 0.000000500. The molecule has 5 nitrogen and oxygen atoms in total. The second-order valence-corrected chi connectivity index (χ2v) is 2.19. The molecule has 1 aromatic rings. The van der Waals surface area contributed by atoms with Crippen LogP contribution in [0, 0.1) is 10.1 Å². The molecule has 0 aliphatic carbocycles. The highest BCUT2D eigenvalue weighted by Gasteiger charge is 2.02. The minimum Gasteiger partial charge on any atom is -0.497 e. The Morgan fingerprint density at radius 3 is 2.07 bits per heavy atom. The van der Waals surface area contributed by atoms with Crippen molar-refractivity contribution in [2.75, 3.05) is 7.11 Å². The summed E-state index contributed by atoms with van der Waals surface area (Å²) in [5.74, 6) is 0.621. The topological polar surface area (TPSA) is 69.4 Å². The number of carbonyl (C=O) groups excluding carboxylic acids is 1. The molecule has 0 radical (unpaired) electrons. The number of non-ortho nitro benzene ring substituents is 1. The predicted octanol–water partition coefficient (Wildman–Crippen LogP) is 1.81. The molecule has 0 amide bonds. The van der Waals surface area contributed by atoms with Gasteiger partial charge >= 0.3 is 0 Å². The highest BCUT2D eigenvalue weighted by Crippen LogP contribution is 2.16. The van der Waals surface area contributed by atoms with E-state index in [1.165, 1.54) is 26.2 Å². The van der Waals surface area contributed by atoms with Gasteiger partial charge in [-0.3, -0.25) is 10.1 Å². The van der Waals surface area contributed by atoms with E-state index in [-0.39, 0.29) is 5.69 Å². The maximum absolute atomic E-state index is 10.2. The van der Waals surface area contributed by atoms with Crippen molar-refractivity contribution in [2.45, 2.75) is 6.92 Å². The number of hydrogen-bond donors (Lipinski definition) is 0. The molecule has 0 fully saturated rings. The van der Waals surface area contributed by atoms with E-state index in [4.69, 9.17) is 9.53 Å². The molecule has 14 heavy (non-hydrogen) atoms. The fraction of sp³-hybridized carbons (Fsp3) is 0.222. The fourth-order valence-electron chi connectivity index (χ4n) is 0.704. The lowest BCUT2D eigenvalue weighted by molar-refractivity contribution is -0.384. The summed E-state index contributed by atoms with van der Waals surface area (Å²) in [6, 6.07) is 5.91. The molecule has 5 heteroatoms. The van der Waals surface area contributed by atoms with Crippen molar-refractivity contribution in [3.05, 3.63) is 34.4 Å². The quantitative estimate of drug-likeness (QED) is 0.412. The zero-order valence-corrected chi connectivity index (χ0v) is 7.97. The normalized spacial score (nSPS) is 8.14. The third kappa shape index (κ3) is 4.20. The van der Waals surface area contributed by atoms with Crippen molar-refractivity contribution in [1.82, 2.24) is 0 Å². The van der Waals surface area contributed by atoms with Crippen LogP contribution >= 0.6 is 0 Å². The summed E-state index contributed by atoms with van der Waals surface area (Å²) >= 11 is 0. The molecule has 1 rings (SSSR count). The summed E-state index contributed by atoms with van der Waals surface area (Å²) in [7, 11) is 1.52. The van der Waals surface area contributed by atoms with E-state index in [0.29, 0.717) is 5.75 Å². The monoisotopic (exact) mass is 197 g/mol. The lowest BCUT2D eigenvalue weighted by Gasteiger charge is -1.96. The van der Waals surface area contributed by atoms with E-state index < -0.39 is 4.92 Å². The second-order valence-electron chi connectivity index (χ2n) is 2.19. The standard InChI is InChI=1S/C7H7NO3.C2H4O/c1-11-7-4-2-6(3-5-7)8(9)10;1-2-3/h2-5H,1H3;2H,1H3. The van der Waals surface area contributed by atoms with Crippen LogP contribution in [0.2, 0.25) is 0 Å². The van der Waals surface area contributed by atoms with Gasteiger partial charge in [-0.2, -0.15) is 0 Å². The van der Waals surface area contributed by atoms with E-state index in [9.17, 15) is 10.1 Å². The SMILES string of the molecule is CC=O.COc1ccc([N+](=O)[O-])cc1. The van der Waals surface area contributed by atoms with Crippen LogP contribution in [0.4, 0.5) is 5.69 Å². The molecule has 76 valence electrons. The van der Waals surface area contributed by atoms with E-state index in [1.807, 2.05) is 0 Å². The number of rotatable bonds is 2. The molecule has 0 unspecified atom stereocenters. The van der Waals surface area contributed by atoms with Gasteiger partial charge in [-0.25, -0.2) is 0 Å². The maximum Gasteiger partial charge on any atom is 0.269 e. The highest BCUT2D eigenvalue weighted by atomic mass is 16.6. The van der Waals surface area contributed by atoms with Crippen LogP contribution in [-0.2, 0) is 4.79 Å². The first-order valence-corrected chi connectivity index (χ1v) is 3.84. The van der Waals surface area contributed by atoms with Gasteiger partial charge in [0.15, 0.2) is 0 Å². The van der Waals surface area contributed by atoms with Crippen molar-refractivity contribution in [2.24, 2.45) is 0 Å². The number of benzene rings is 1. The summed E-state index contributed by atoms with van der Waals surface area (Å²) < 4.78 is 4.83. The average molecular weight is 197 g/mol. The zero-order valence-electron chi connectivity index (χ0n) is 7.97. The van der Waals surface area contributed by atoms with Crippen LogP contribution in [-0.4, -0.2) is 18.3 Å². The summed E-state index contributed by atoms with van der Waals surface area (Å²) in [5, 5.41) is 10.2. The molecule has 0 spiro atoms. The van der Waals surface area contributed by atoms with E-state index in [1.54, 1.807) is 12.1 Å². The van der Waals surface area contributed by atoms with Gasteiger partial charge in [-0.15, -0.1) is 0 Å². The fourth-order valence-corrected chi connectivity index (χ4v) is 0.704. The number of carbonyl (C=O) groups is 1. The molecule has 0 aromatic heterocycles. The molecule has 0 atom stereocenters. The lowest BCUT2D eigenvalue weighted by Crippen LogP contribution is -1.87. The number of aldehydes is 1. The minimum absolute atomic E-state index is 0.0748. The first-order valence-electron chi connectivity index (χ1n) is 3.84. The maximum atomic E-state index is 10.2. The minimum atomic E-state index is -0.445. The Morgan fingerprint density at radius 2 is 1.79 bits per heavy atom. The number of nitrogens with zero attached hydrogens (tertiary/aromatic N) is 1. The van der Waals surface area contributed by atoms with Crippen LogP contribution in [0.3, 0.4) is 0 Å². The Hall–Kier alpha value is -1.91. The molecule has 0 aliphatic heterocycles. The summed E-state index contributed by atoms with van der Waals surface area (Å²) in [4.78, 5) is 18.5. The van der Waals surface area contributed by atoms with E-state index in [2.05, 4.69) is 0 Å². The molecule has 1 aromatic carbocycles. The third-order valence-electron chi connectivity index (χ3n) is 1.28. The predicted molar refractivity (Wildman–Crippen MR) is 51.4 cm³/mol. The molecule has 0 aliphatic rings. The molecular formula is C9H11NO4. The Bertz CT molecular complexity index is 294. The number of methoxy groups -OCH3 is 1. The van der Waals surface area contributed by atoms with Crippen LogP contribution in [0.25, 0.3) is 0 Å². The Morgan fingerprint density at radius 1 is 1.36 bits per heavy atom. The van der Waals surface area contributed by atoms with Crippen molar-refractivity contribution in [3.63, 3.8) is 0 Å². The van der Waals surface area contributed by atoms with Gasteiger partial charge in [-0.05, 0) is 19.1 Å². The van der Waals surface area contributed by atoms with E-state index >= 15 is 0 Å². The van der Waals surface area contributed by atoms with Crippen LogP contribution in [0.5, 0.6) is 5.75 Å². The Kier molecular flexibility index (Phi) is 5.69. The van der Waals surface area contributed by atoms with Crippen molar-refractivity contribution >= 4 is 12.0 Å². The molecule has 0 saturated carbocycles. The largest absolute Gasteiger partial charge is 0.497 e. The molecule has 0 bridgehead atoms. The van der Waals surface area contributed by atoms with Gasteiger partial charge in [0.2, 0.25) is 0 Å². The average Bonchev–Trinajstić information content (AvgIpc) is 2.19. The van der Waals surface area contributed by atoms with Crippen LogP contribution < -0.4 is 4.74 Å². The van der Waals surface area contributed by atoms with Gasteiger partial charge in [0.1, 0.15) is 12.0 Å². The lowest BCUT2D eigenvalue weighted by atomic mass is 10.3. The highest BCUT2D eigenvalue weighted by molar-refractivity contribution is 5.44. The number of nitro benzene ring substituents is 1. The summed E-state index contributed by atoms with van der Waals surface area (Å²) in [5.41, 5.74) is 0.0748. The van der Waals surface area contributed by atoms with Gasteiger partial charge in [0.25, 0.3) is 5.69 Å². The van der Waals surface area contributed by atoms with Gasteiger partial charge in [-0.1, -0.05) is 0 Å². The molecule has 0 heterocycles. The van der Waals surface area contributed by atoms with E-state index in [0.717, 1.165) is 6.29 Å². The van der Waals surface area contributed by atoms with Crippen molar-refractivity contribution < 1.29 is 14.5 Å². The molecule has 0 saturated heterocycles. The van der Waals surface area contributed by atoms with Gasteiger partial charge in [0.05, 0.1) is 12.0 Å². The number of hydrogen-bond acceptors (Lipinski definition) is 4. The molecule has 0 N–H and O–H groups in total. The van der Waals surface area contributed by atoms with Crippen LogP contribution in [0.15, 0.2) is 24.3 Å². The number of nitro groups is 1. The first-order chi connectivity index (χ1) is 6.65. The van der Waals surface area contributed by atoms with Crippen molar-refractivity contribution in [1.29, 1.82) is 0 Å². The van der Waals surface area contributed by atoms with Gasteiger partial charge < -0.3 is 9.53 Å². The molecular weight excluding hydrogens is 186 g/mol. The smallest absolute Gasteiger partial charge is 0.269 e. The number of ether oxygens (including phenoxy) is 1. The summed E-state index contributed by atoms with van der Waals surface area (Å²) in [6.07, 6.45) is 0.750. The van der Waals surface area contributed by atoms with Gasteiger partial charge in [0, 0.05) is 12.1 Å². The first kappa shape index (κ1) is 12.1. The Labute approximate surface area is 81.5 Å². The second kappa shape index (κ2) is 6.59. The summed E-state index contributed by atoms with van der Waals surface area (Å²) in [6.45, 7) is 1.44. The van der Waals surface area contributed by atoms with Crippen molar-refractivity contribution in [3.8, 4) is 5.75 Å². The van der Waals surface area contributed by atoms with Crippen LogP contribution in [0.1, 0.15) is 6.92 Å². The zero-order chi connectivity index (χ0) is 11.0.